The van der Waals surface area contributed by atoms with E-state index in [1.54, 1.807) is 30.3 Å². The number of nitrogen functional groups attached to an aromatic ring is 1. The Bertz CT molecular complexity index is 762. The number of nitrogens with zero attached hydrogens (tertiary/aromatic N) is 1. The Morgan fingerprint density at radius 3 is 2.30 bits per heavy atom. The van der Waals surface area contributed by atoms with Gasteiger partial charge in [0.15, 0.2) is 10.9 Å². The first-order valence-electron chi connectivity index (χ1n) is 6.62. The number of carbonyl (C=O) groups is 2. The number of ketones is 1. The first kappa shape index (κ1) is 16.4. The molecule has 2 aromatic rings. The number of anilines is 2. The fourth-order valence-electron chi connectivity index (χ4n) is 2.03. The number of nitrogens with two attached hydrogens (primary N) is 2. The van der Waals surface area contributed by atoms with Crippen LogP contribution in [-0.2, 0) is 4.74 Å². The Labute approximate surface area is 138 Å². The van der Waals surface area contributed by atoms with Gasteiger partial charge in [0.1, 0.15) is 0 Å². The van der Waals surface area contributed by atoms with E-state index in [9.17, 15) is 9.59 Å². The van der Waals surface area contributed by atoms with Gasteiger partial charge in [-0.15, -0.1) is 0 Å². The zero-order valence-corrected chi connectivity index (χ0v) is 13.2. The van der Waals surface area contributed by atoms with Crippen LogP contribution < -0.4 is 16.4 Å². The monoisotopic (exact) mass is 329 g/mol. The smallest absolute Gasteiger partial charge is 0.420 e. The highest BCUT2D eigenvalue weighted by atomic mass is 32.1. The number of hydrogen-bond acceptors (Lipinski definition) is 5. The van der Waals surface area contributed by atoms with Gasteiger partial charge in [0, 0.05) is 11.1 Å². The highest BCUT2D eigenvalue weighted by Crippen LogP contribution is 2.26. The van der Waals surface area contributed by atoms with Crippen LogP contribution in [0.3, 0.4) is 0 Å². The molecule has 2 aromatic carbocycles. The maximum atomic E-state index is 12.5. The third kappa shape index (κ3) is 3.46. The van der Waals surface area contributed by atoms with Crippen molar-refractivity contribution in [3.63, 3.8) is 0 Å². The minimum atomic E-state index is -0.784. The SMILES string of the molecule is COC(=O)N(C(N)=S)c1cc(C(=O)c2ccccc2)ccc1N. The lowest BCUT2D eigenvalue weighted by Gasteiger charge is -2.21. The lowest BCUT2D eigenvalue weighted by Crippen LogP contribution is -2.41. The van der Waals surface area contributed by atoms with Crippen LogP contribution in [0.15, 0.2) is 48.5 Å². The predicted molar refractivity (Wildman–Crippen MR) is 92.4 cm³/mol. The fourth-order valence-corrected chi connectivity index (χ4v) is 2.21. The van der Waals surface area contributed by atoms with Crippen molar-refractivity contribution >= 4 is 40.6 Å². The number of rotatable bonds is 3. The number of amides is 1. The van der Waals surface area contributed by atoms with Crippen molar-refractivity contribution in [1.29, 1.82) is 0 Å². The summed E-state index contributed by atoms with van der Waals surface area (Å²) >= 11 is 4.87. The molecular weight excluding hydrogens is 314 g/mol. The second-order valence-corrected chi connectivity index (χ2v) is 5.03. The molecule has 0 aliphatic rings. The lowest BCUT2D eigenvalue weighted by molar-refractivity contribution is 0.103. The van der Waals surface area contributed by atoms with E-state index in [1.807, 2.05) is 6.07 Å². The molecule has 1 amide bonds. The molecule has 0 aromatic heterocycles. The molecule has 0 unspecified atom stereocenters. The van der Waals surface area contributed by atoms with E-state index in [4.69, 9.17) is 23.7 Å². The van der Waals surface area contributed by atoms with E-state index in [0.717, 1.165) is 4.90 Å². The molecule has 0 aliphatic heterocycles. The first-order chi connectivity index (χ1) is 11.0. The average molecular weight is 329 g/mol. The van der Waals surface area contributed by atoms with Crippen molar-refractivity contribution in [1.82, 2.24) is 0 Å². The van der Waals surface area contributed by atoms with Crippen LogP contribution in [0.1, 0.15) is 15.9 Å². The molecule has 2 rings (SSSR count). The zero-order valence-electron chi connectivity index (χ0n) is 12.4. The molecule has 0 heterocycles. The second-order valence-electron chi connectivity index (χ2n) is 4.61. The van der Waals surface area contributed by atoms with Gasteiger partial charge in [-0.2, -0.15) is 0 Å². The summed E-state index contributed by atoms with van der Waals surface area (Å²) in [6, 6.07) is 13.3. The van der Waals surface area contributed by atoms with Gasteiger partial charge < -0.3 is 16.2 Å². The Kier molecular flexibility index (Phi) is 4.92. The van der Waals surface area contributed by atoms with Crippen molar-refractivity contribution in [3.8, 4) is 0 Å². The number of hydrogen-bond donors (Lipinski definition) is 2. The molecule has 0 saturated carbocycles. The minimum Gasteiger partial charge on any atom is -0.452 e. The van der Waals surface area contributed by atoms with Crippen molar-refractivity contribution in [3.05, 3.63) is 59.7 Å². The number of methoxy groups -OCH3 is 1. The molecular formula is C16H15N3O3S. The summed E-state index contributed by atoms with van der Waals surface area (Å²) < 4.78 is 4.65. The minimum absolute atomic E-state index is 0.200. The lowest BCUT2D eigenvalue weighted by atomic mass is 10.0. The predicted octanol–water partition coefficient (Wildman–Crippen LogP) is 2.32. The quantitative estimate of drug-likeness (QED) is 0.509. The molecule has 4 N–H and O–H groups in total. The maximum Gasteiger partial charge on any atom is 0.420 e. The maximum absolute atomic E-state index is 12.5. The van der Waals surface area contributed by atoms with E-state index in [2.05, 4.69) is 4.74 Å². The van der Waals surface area contributed by atoms with Crippen LogP contribution in [-0.4, -0.2) is 24.1 Å². The summed E-state index contributed by atoms with van der Waals surface area (Å²) in [5.41, 5.74) is 12.8. The third-order valence-corrected chi connectivity index (χ3v) is 3.33. The first-order valence-corrected chi connectivity index (χ1v) is 7.03. The van der Waals surface area contributed by atoms with Crippen LogP contribution in [0.5, 0.6) is 0 Å². The number of benzene rings is 2. The van der Waals surface area contributed by atoms with Crippen molar-refractivity contribution in [2.75, 3.05) is 17.7 Å². The molecule has 0 bridgehead atoms. The van der Waals surface area contributed by atoms with Crippen LogP contribution in [0, 0.1) is 0 Å². The van der Waals surface area contributed by atoms with Gasteiger partial charge in [0.2, 0.25) is 0 Å². The van der Waals surface area contributed by atoms with Gasteiger partial charge in [-0.3, -0.25) is 4.79 Å². The summed E-state index contributed by atoms with van der Waals surface area (Å²) in [5.74, 6) is -0.209. The number of thiocarbonyl (C=S) groups is 1. The van der Waals surface area contributed by atoms with E-state index in [1.165, 1.54) is 19.2 Å². The molecule has 0 radical (unpaired) electrons. The Balaban J connectivity index is 2.49. The van der Waals surface area contributed by atoms with E-state index >= 15 is 0 Å². The summed E-state index contributed by atoms with van der Waals surface area (Å²) in [4.78, 5) is 25.3. The van der Waals surface area contributed by atoms with Crippen LogP contribution in [0.4, 0.5) is 16.2 Å². The van der Waals surface area contributed by atoms with Gasteiger partial charge >= 0.3 is 6.09 Å². The third-order valence-electron chi connectivity index (χ3n) is 3.15. The van der Waals surface area contributed by atoms with Crippen molar-refractivity contribution < 1.29 is 14.3 Å². The van der Waals surface area contributed by atoms with Gasteiger partial charge in [-0.25, -0.2) is 9.69 Å². The van der Waals surface area contributed by atoms with Crippen molar-refractivity contribution in [2.24, 2.45) is 5.73 Å². The Morgan fingerprint density at radius 1 is 1.09 bits per heavy atom. The Hall–Kier alpha value is -2.93. The molecule has 6 nitrogen and oxygen atoms in total. The summed E-state index contributed by atoms with van der Waals surface area (Å²) in [6.07, 6.45) is -0.784. The topological polar surface area (TPSA) is 98.6 Å². The van der Waals surface area contributed by atoms with Gasteiger partial charge in [0.05, 0.1) is 18.5 Å². The fraction of sp³-hybridized carbons (Fsp3) is 0.0625. The van der Waals surface area contributed by atoms with Gasteiger partial charge in [-0.05, 0) is 30.4 Å². The van der Waals surface area contributed by atoms with Crippen LogP contribution in [0.2, 0.25) is 0 Å². The van der Waals surface area contributed by atoms with Crippen LogP contribution in [0.25, 0.3) is 0 Å². The largest absolute Gasteiger partial charge is 0.452 e. The number of ether oxygens (including phenoxy) is 1. The molecule has 118 valence electrons. The molecule has 23 heavy (non-hydrogen) atoms. The van der Waals surface area contributed by atoms with E-state index in [0.29, 0.717) is 11.1 Å². The molecule has 7 heteroatoms. The van der Waals surface area contributed by atoms with Gasteiger partial charge in [-0.1, -0.05) is 30.3 Å². The summed E-state index contributed by atoms with van der Waals surface area (Å²) in [7, 11) is 1.20. The molecule has 0 spiro atoms. The molecule has 0 fully saturated rings. The zero-order chi connectivity index (χ0) is 17.0. The normalized spacial score (nSPS) is 9.96. The molecule has 0 saturated heterocycles. The second kappa shape index (κ2) is 6.89. The van der Waals surface area contributed by atoms with Crippen LogP contribution >= 0.6 is 12.2 Å². The van der Waals surface area contributed by atoms with Crippen molar-refractivity contribution in [2.45, 2.75) is 0 Å². The Morgan fingerprint density at radius 2 is 1.74 bits per heavy atom. The van der Waals surface area contributed by atoms with E-state index < -0.39 is 6.09 Å². The molecule has 0 aliphatic carbocycles. The molecule has 0 atom stereocenters. The highest BCUT2D eigenvalue weighted by Gasteiger charge is 2.23. The van der Waals surface area contributed by atoms with Gasteiger partial charge in [0.25, 0.3) is 0 Å². The summed E-state index contributed by atoms with van der Waals surface area (Å²) in [6.45, 7) is 0. The average Bonchev–Trinajstić information content (AvgIpc) is 2.56. The standard InChI is InChI=1S/C16H15N3O3S/c1-22-16(21)19(15(18)23)13-9-11(7-8-12(13)17)14(20)10-5-3-2-4-6-10/h2-9H,17H2,1H3,(H2,18,23). The van der Waals surface area contributed by atoms with E-state index in [-0.39, 0.29) is 22.3 Å². The highest BCUT2D eigenvalue weighted by molar-refractivity contribution is 7.80. The summed E-state index contributed by atoms with van der Waals surface area (Å²) in [5, 5.41) is -0.229. The number of carbonyl (C=O) groups excluding carboxylic acids is 2.